The van der Waals surface area contributed by atoms with Gasteiger partial charge in [-0.2, -0.15) is 0 Å². The molecule has 1 unspecified atom stereocenters. The monoisotopic (exact) mass is 390 g/mol. The van der Waals surface area contributed by atoms with Crippen LogP contribution in [0.5, 0.6) is 0 Å². The number of aromatic nitrogens is 2. The lowest BCUT2D eigenvalue weighted by Gasteiger charge is -2.12. The van der Waals surface area contributed by atoms with Crippen molar-refractivity contribution in [1.29, 1.82) is 0 Å². The maximum atomic E-state index is 12.3. The molecule has 134 valence electrons. The zero-order chi connectivity index (χ0) is 18.8. The third kappa shape index (κ3) is 3.89. The molecule has 0 N–H and O–H groups in total. The summed E-state index contributed by atoms with van der Waals surface area (Å²) in [6.45, 7) is 3.53. The molecule has 1 aromatic carbocycles. The first-order valence-corrected chi connectivity index (χ1v) is 8.71. The van der Waals surface area contributed by atoms with Gasteiger partial charge in [-0.15, -0.1) is 0 Å². The third-order valence-electron chi connectivity index (χ3n) is 4.02. The average Bonchev–Trinajstić information content (AvgIpc) is 2.62. The Morgan fingerprint density at radius 3 is 2.69 bits per heavy atom. The van der Waals surface area contributed by atoms with Gasteiger partial charge in [0.05, 0.1) is 21.7 Å². The van der Waals surface area contributed by atoms with E-state index >= 15 is 0 Å². The molecule has 0 saturated carbocycles. The molecule has 0 aliphatic rings. The number of aryl methyl sites for hydroxylation is 1. The highest BCUT2D eigenvalue weighted by Gasteiger charge is 2.18. The second kappa shape index (κ2) is 7.48. The van der Waals surface area contributed by atoms with Crippen molar-refractivity contribution in [2.45, 2.75) is 26.4 Å². The summed E-state index contributed by atoms with van der Waals surface area (Å²) in [5, 5.41) is 0.801. The van der Waals surface area contributed by atoms with Crippen LogP contribution in [-0.2, 0) is 16.1 Å². The van der Waals surface area contributed by atoms with Gasteiger partial charge in [-0.1, -0.05) is 35.3 Å². The number of carbonyl (C=O) groups excluding carboxylic acids is 1. The number of carbonyl (C=O) groups is 1. The Bertz CT molecular complexity index is 1050. The second-order valence-corrected chi connectivity index (χ2v) is 6.84. The van der Waals surface area contributed by atoms with Gasteiger partial charge in [-0.05, 0) is 43.2 Å². The summed E-state index contributed by atoms with van der Waals surface area (Å²) in [6, 6.07) is 9.98. The van der Waals surface area contributed by atoms with E-state index in [1.54, 1.807) is 37.4 Å². The number of halogens is 2. The molecule has 0 bridgehead atoms. The predicted octanol–water partition coefficient (Wildman–Crippen LogP) is 4.16. The van der Waals surface area contributed by atoms with E-state index in [0.717, 1.165) is 5.56 Å². The lowest BCUT2D eigenvalue weighted by molar-refractivity contribution is -0.146. The first-order chi connectivity index (χ1) is 12.3. The fraction of sp³-hybridized carbons (Fsp3) is 0.211. The molecule has 0 aliphatic heterocycles. The fourth-order valence-electron chi connectivity index (χ4n) is 2.52. The van der Waals surface area contributed by atoms with Gasteiger partial charge in [-0.25, -0.2) is 4.98 Å². The van der Waals surface area contributed by atoms with Crippen molar-refractivity contribution in [3.8, 4) is 0 Å². The van der Waals surface area contributed by atoms with E-state index in [0.29, 0.717) is 26.9 Å². The standard InChI is InChI=1S/C19H16Cl2N2O3/c1-11-3-6-17-22-14(8-18(24)23(17)9-11)10-26-19(25)12(2)13-4-5-15(20)16(21)7-13/h3-9,12H,10H2,1-2H3. The topological polar surface area (TPSA) is 60.7 Å². The number of rotatable bonds is 4. The van der Waals surface area contributed by atoms with E-state index in [1.165, 1.54) is 10.5 Å². The fourth-order valence-corrected chi connectivity index (χ4v) is 2.83. The SMILES string of the molecule is Cc1ccc2nc(COC(=O)C(C)c3ccc(Cl)c(Cl)c3)cc(=O)n2c1. The van der Waals surface area contributed by atoms with Gasteiger partial charge >= 0.3 is 5.97 Å². The molecule has 3 aromatic rings. The first kappa shape index (κ1) is 18.4. The molecule has 3 rings (SSSR count). The van der Waals surface area contributed by atoms with Crippen LogP contribution < -0.4 is 5.56 Å². The number of pyridine rings is 1. The van der Waals surface area contributed by atoms with Crippen molar-refractivity contribution in [2.75, 3.05) is 0 Å². The minimum atomic E-state index is -0.519. The molecule has 0 spiro atoms. The summed E-state index contributed by atoms with van der Waals surface area (Å²) < 4.78 is 6.77. The van der Waals surface area contributed by atoms with Gasteiger partial charge in [-0.3, -0.25) is 14.0 Å². The molecule has 1 atom stereocenters. The van der Waals surface area contributed by atoms with Gasteiger partial charge in [0.25, 0.3) is 5.56 Å². The van der Waals surface area contributed by atoms with Crippen LogP contribution in [0.15, 0.2) is 47.4 Å². The molecule has 2 aromatic heterocycles. The molecule has 2 heterocycles. The zero-order valence-electron chi connectivity index (χ0n) is 14.2. The van der Waals surface area contributed by atoms with E-state index in [4.69, 9.17) is 27.9 Å². The number of hydrogen-bond donors (Lipinski definition) is 0. The Morgan fingerprint density at radius 1 is 1.19 bits per heavy atom. The van der Waals surface area contributed by atoms with Gasteiger partial charge in [0.15, 0.2) is 0 Å². The average molecular weight is 391 g/mol. The first-order valence-electron chi connectivity index (χ1n) is 7.95. The third-order valence-corrected chi connectivity index (χ3v) is 4.76. The van der Waals surface area contributed by atoms with Crippen LogP contribution in [0.1, 0.15) is 29.7 Å². The van der Waals surface area contributed by atoms with Crippen LogP contribution in [0.4, 0.5) is 0 Å². The van der Waals surface area contributed by atoms with E-state index in [9.17, 15) is 9.59 Å². The number of fused-ring (bicyclic) bond motifs is 1. The lowest BCUT2D eigenvalue weighted by atomic mass is 10.0. The minimum absolute atomic E-state index is 0.0793. The van der Waals surface area contributed by atoms with Gasteiger partial charge < -0.3 is 4.74 Å². The summed E-state index contributed by atoms with van der Waals surface area (Å²) in [5.74, 6) is -0.955. The Hall–Kier alpha value is -2.37. The van der Waals surface area contributed by atoms with Gasteiger partial charge in [0.2, 0.25) is 0 Å². The van der Waals surface area contributed by atoms with E-state index in [2.05, 4.69) is 4.98 Å². The van der Waals surface area contributed by atoms with Crippen molar-refractivity contribution >= 4 is 34.8 Å². The molecular formula is C19H16Cl2N2O3. The number of hydrogen-bond acceptors (Lipinski definition) is 4. The summed E-state index contributed by atoms with van der Waals surface area (Å²) in [5.41, 5.74) is 2.34. The zero-order valence-corrected chi connectivity index (χ0v) is 15.7. The molecule has 7 heteroatoms. The van der Waals surface area contributed by atoms with Crippen molar-refractivity contribution in [3.05, 3.63) is 79.8 Å². The van der Waals surface area contributed by atoms with E-state index < -0.39 is 11.9 Å². The van der Waals surface area contributed by atoms with Crippen LogP contribution in [0.2, 0.25) is 10.0 Å². The van der Waals surface area contributed by atoms with Crippen molar-refractivity contribution in [1.82, 2.24) is 9.38 Å². The van der Waals surface area contributed by atoms with Crippen LogP contribution in [0.3, 0.4) is 0 Å². The molecular weight excluding hydrogens is 375 g/mol. The van der Waals surface area contributed by atoms with Gasteiger partial charge in [0.1, 0.15) is 12.3 Å². The maximum absolute atomic E-state index is 12.3. The molecule has 0 aliphatic carbocycles. The molecule has 0 fully saturated rings. The van der Waals surface area contributed by atoms with Crippen LogP contribution in [0.25, 0.3) is 5.65 Å². The summed E-state index contributed by atoms with van der Waals surface area (Å²) in [4.78, 5) is 28.8. The minimum Gasteiger partial charge on any atom is -0.459 e. The quantitative estimate of drug-likeness (QED) is 0.627. The Labute approximate surface area is 160 Å². The lowest BCUT2D eigenvalue weighted by Crippen LogP contribution is -2.18. The highest BCUT2D eigenvalue weighted by atomic mass is 35.5. The molecule has 5 nitrogen and oxygen atoms in total. The largest absolute Gasteiger partial charge is 0.459 e. The maximum Gasteiger partial charge on any atom is 0.313 e. The highest BCUT2D eigenvalue weighted by molar-refractivity contribution is 6.42. The number of nitrogens with zero attached hydrogens (tertiary/aromatic N) is 2. The summed E-state index contributed by atoms with van der Waals surface area (Å²) >= 11 is 11.9. The Morgan fingerprint density at radius 2 is 1.96 bits per heavy atom. The van der Waals surface area contributed by atoms with Crippen LogP contribution in [-0.4, -0.2) is 15.4 Å². The van der Waals surface area contributed by atoms with Crippen LogP contribution in [0, 0.1) is 6.92 Å². The molecule has 0 amide bonds. The van der Waals surface area contributed by atoms with Crippen LogP contribution >= 0.6 is 23.2 Å². The molecule has 26 heavy (non-hydrogen) atoms. The van der Waals surface area contributed by atoms with Crippen molar-refractivity contribution in [3.63, 3.8) is 0 Å². The normalized spacial score (nSPS) is 12.2. The second-order valence-electron chi connectivity index (χ2n) is 6.02. The number of esters is 1. The summed E-state index contributed by atoms with van der Waals surface area (Å²) in [7, 11) is 0. The highest BCUT2D eigenvalue weighted by Crippen LogP contribution is 2.27. The summed E-state index contributed by atoms with van der Waals surface area (Å²) in [6.07, 6.45) is 1.72. The van der Waals surface area contributed by atoms with E-state index in [-0.39, 0.29) is 12.2 Å². The molecule has 0 radical (unpaired) electrons. The predicted molar refractivity (Wildman–Crippen MR) is 101 cm³/mol. The Balaban J connectivity index is 1.74. The number of benzene rings is 1. The molecule has 0 saturated heterocycles. The van der Waals surface area contributed by atoms with Crippen molar-refractivity contribution in [2.24, 2.45) is 0 Å². The number of ether oxygens (including phenoxy) is 1. The Kier molecular flexibility index (Phi) is 5.30. The van der Waals surface area contributed by atoms with E-state index in [1.807, 2.05) is 13.0 Å². The van der Waals surface area contributed by atoms with Crippen molar-refractivity contribution < 1.29 is 9.53 Å². The smallest absolute Gasteiger partial charge is 0.313 e. The van der Waals surface area contributed by atoms with Gasteiger partial charge in [0, 0.05) is 12.3 Å².